The summed E-state index contributed by atoms with van der Waals surface area (Å²) in [4.78, 5) is 2.43. The van der Waals surface area contributed by atoms with Gasteiger partial charge in [-0.2, -0.15) is 0 Å². The molecule has 70 valence electrons. The highest BCUT2D eigenvalue weighted by Crippen LogP contribution is 2.29. The van der Waals surface area contributed by atoms with E-state index in [9.17, 15) is 0 Å². The molecule has 3 N–H and O–H groups in total. The normalized spacial score (nSPS) is 29.8. The first-order chi connectivity index (χ1) is 5.88. The number of nitrogens with zero attached hydrogens (tertiary/aromatic N) is 1. The van der Waals surface area contributed by atoms with Crippen LogP contribution in [-0.2, 0) is 0 Å². The van der Waals surface area contributed by atoms with Crippen LogP contribution in [-0.4, -0.2) is 37.2 Å². The lowest BCUT2D eigenvalue weighted by molar-refractivity contribution is 0.0881. The zero-order valence-corrected chi connectivity index (χ0v) is 7.63. The molecule has 0 aromatic heterocycles. The molecule has 1 saturated heterocycles. The lowest BCUT2D eigenvalue weighted by atomic mass is 9.82. The average Bonchev–Trinajstić information content (AvgIpc) is 2.03. The van der Waals surface area contributed by atoms with E-state index in [0.29, 0.717) is 6.17 Å². The summed E-state index contributed by atoms with van der Waals surface area (Å²) in [5.74, 6) is 0.795. The Kier molecular flexibility index (Phi) is 2.63. The first-order valence-electron chi connectivity index (χ1n) is 5.08. The first kappa shape index (κ1) is 8.48. The Labute approximate surface area is 74.3 Å². The van der Waals surface area contributed by atoms with Gasteiger partial charge < -0.3 is 11.1 Å². The van der Waals surface area contributed by atoms with Crippen molar-refractivity contribution in [1.82, 2.24) is 10.2 Å². The van der Waals surface area contributed by atoms with Crippen LogP contribution in [0, 0.1) is 5.92 Å². The molecule has 1 aliphatic carbocycles. The zero-order valence-electron chi connectivity index (χ0n) is 7.63. The summed E-state index contributed by atoms with van der Waals surface area (Å²) in [6.07, 6.45) is 4.45. The number of rotatable bonds is 2. The van der Waals surface area contributed by atoms with Gasteiger partial charge in [-0.25, -0.2) is 0 Å². The third kappa shape index (κ3) is 1.63. The van der Waals surface area contributed by atoms with Crippen molar-refractivity contribution in [3.8, 4) is 0 Å². The fourth-order valence-corrected chi connectivity index (χ4v) is 2.06. The third-order valence-electron chi connectivity index (χ3n) is 3.21. The summed E-state index contributed by atoms with van der Waals surface area (Å²) >= 11 is 0. The molecule has 12 heavy (non-hydrogen) atoms. The smallest absolute Gasteiger partial charge is 0.0601 e. The number of nitrogens with one attached hydrogen (secondary N) is 1. The third-order valence-corrected chi connectivity index (χ3v) is 3.21. The zero-order chi connectivity index (χ0) is 8.39. The van der Waals surface area contributed by atoms with Crippen LogP contribution in [0.3, 0.4) is 0 Å². The first-order valence-corrected chi connectivity index (χ1v) is 5.08. The maximum absolute atomic E-state index is 6.15. The van der Waals surface area contributed by atoms with Crippen LogP contribution in [0.1, 0.15) is 19.3 Å². The van der Waals surface area contributed by atoms with E-state index in [-0.39, 0.29) is 0 Å². The SMILES string of the molecule is NC(C1CCC1)N1CCNCC1. The highest BCUT2D eigenvalue weighted by molar-refractivity contribution is 4.82. The summed E-state index contributed by atoms with van der Waals surface area (Å²) in [5, 5.41) is 3.35. The van der Waals surface area contributed by atoms with Crippen LogP contribution in [0.15, 0.2) is 0 Å². The van der Waals surface area contributed by atoms with E-state index in [2.05, 4.69) is 10.2 Å². The molecular formula is C9H19N3. The molecule has 2 rings (SSSR count). The standard InChI is InChI=1S/C9H19N3/c10-9(8-2-1-3-8)12-6-4-11-5-7-12/h8-9,11H,1-7,10H2. The van der Waals surface area contributed by atoms with E-state index in [1.54, 1.807) is 0 Å². The van der Waals surface area contributed by atoms with Crippen molar-refractivity contribution < 1.29 is 0 Å². The number of nitrogens with two attached hydrogens (primary N) is 1. The van der Waals surface area contributed by atoms with Crippen LogP contribution in [0.4, 0.5) is 0 Å². The second kappa shape index (κ2) is 3.73. The largest absolute Gasteiger partial charge is 0.315 e. The van der Waals surface area contributed by atoms with E-state index in [4.69, 9.17) is 5.73 Å². The Morgan fingerprint density at radius 1 is 1.25 bits per heavy atom. The lowest BCUT2D eigenvalue weighted by Gasteiger charge is -2.40. The Balaban J connectivity index is 1.80. The molecule has 0 aromatic rings. The van der Waals surface area contributed by atoms with Gasteiger partial charge in [0.1, 0.15) is 0 Å². The molecule has 0 radical (unpaired) electrons. The minimum Gasteiger partial charge on any atom is -0.315 e. The number of piperazine rings is 1. The van der Waals surface area contributed by atoms with Crippen molar-refractivity contribution >= 4 is 0 Å². The van der Waals surface area contributed by atoms with E-state index in [1.165, 1.54) is 19.3 Å². The predicted octanol–water partition coefficient (Wildman–Crippen LogP) is -0.0235. The summed E-state index contributed by atoms with van der Waals surface area (Å²) in [6.45, 7) is 4.50. The molecule has 0 aromatic carbocycles. The molecule has 1 aliphatic heterocycles. The molecule has 1 unspecified atom stereocenters. The van der Waals surface area contributed by atoms with Gasteiger partial charge in [0.05, 0.1) is 6.17 Å². The van der Waals surface area contributed by atoms with Gasteiger partial charge in [-0.15, -0.1) is 0 Å². The maximum Gasteiger partial charge on any atom is 0.0601 e. The molecular weight excluding hydrogens is 150 g/mol. The Morgan fingerprint density at radius 3 is 2.42 bits per heavy atom. The quantitative estimate of drug-likeness (QED) is 0.610. The minimum absolute atomic E-state index is 0.348. The van der Waals surface area contributed by atoms with Gasteiger partial charge in [0.25, 0.3) is 0 Å². The highest BCUT2D eigenvalue weighted by atomic mass is 15.3. The van der Waals surface area contributed by atoms with Gasteiger partial charge in [0, 0.05) is 26.2 Å². The molecule has 2 aliphatic rings. The summed E-state index contributed by atoms with van der Waals surface area (Å²) in [7, 11) is 0. The minimum atomic E-state index is 0.348. The number of hydrogen-bond donors (Lipinski definition) is 2. The summed E-state index contributed by atoms with van der Waals surface area (Å²) < 4.78 is 0. The van der Waals surface area contributed by atoms with Crippen LogP contribution >= 0.6 is 0 Å². The molecule has 0 bridgehead atoms. The van der Waals surface area contributed by atoms with E-state index in [1.807, 2.05) is 0 Å². The van der Waals surface area contributed by atoms with Gasteiger partial charge in [-0.1, -0.05) is 6.42 Å². The molecule has 3 nitrogen and oxygen atoms in total. The molecule has 0 spiro atoms. The molecule has 1 atom stereocenters. The Bertz CT molecular complexity index is 139. The second-order valence-corrected chi connectivity index (χ2v) is 3.97. The van der Waals surface area contributed by atoms with E-state index in [0.717, 1.165) is 32.1 Å². The average molecular weight is 169 g/mol. The van der Waals surface area contributed by atoms with Crippen LogP contribution in [0.5, 0.6) is 0 Å². The molecule has 3 heteroatoms. The highest BCUT2D eigenvalue weighted by Gasteiger charge is 2.29. The Morgan fingerprint density at radius 2 is 1.92 bits per heavy atom. The van der Waals surface area contributed by atoms with Gasteiger partial charge in [-0.05, 0) is 18.8 Å². The lowest BCUT2D eigenvalue weighted by Crippen LogP contribution is -2.55. The maximum atomic E-state index is 6.15. The van der Waals surface area contributed by atoms with Crippen LogP contribution in [0.2, 0.25) is 0 Å². The second-order valence-electron chi connectivity index (χ2n) is 3.97. The fraction of sp³-hybridized carbons (Fsp3) is 1.00. The monoisotopic (exact) mass is 169 g/mol. The van der Waals surface area contributed by atoms with Crippen molar-refractivity contribution in [2.24, 2.45) is 11.7 Å². The molecule has 2 fully saturated rings. The van der Waals surface area contributed by atoms with Gasteiger partial charge >= 0.3 is 0 Å². The summed E-state index contributed by atoms with van der Waals surface area (Å²) in [5.41, 5.74) is 6.15. The molecule has 0 amide bonds. The molecule has 1 saturated carbocycles. The van der Waals surface area contributed by atoms with Crippen LogP contribution in [0.25, 0.3) is 0 Å². The predicted molar refractivity (Wildman–Crippen MR) is 49.8 cm³/mol. The van der Waals surface area contributed by atoms with Crippen molar-refractivity contribution in [2.45, 2.75) is 25.4 Å². The van der Waals surface area contributed by atoms with Crippen LogP contribution < -0.4 is 11.1 Å². The van der Waals surface area contributed by atoms with E-state index >= 15 is 0 Å². The van der Waals surface area contributed by atoms with Crippen molar-refractivity contribution in [1.29, 1.82) is 0 Å². The van der Waals surface area contributed by atoms with Crippen molar-refractivity contribution in [3.63, 3.8) is 0 Å². The van der Waals surface area contributed by atoms with Gasteiger partial charge in [0.2, 0.25) is 0 Å². The molecule has 1 heterocycles. The number of hydrogen-bond acceptors (Lipinski definition) is 3. The summed E-state index contributed by atoms with van der Waals surface area (Å²) in [6, 6.07) is 0. The topological polar surface area (TPSA) is 41.3 Å². The Hall–Kier alpha value is -0.120. The fourth-order valence-electron chi connectivity index (χ4n) is 2.06. The van der Waals surface area contributed by atoms with Gasteiger partial charge in [0.15, 0.2) is 0 Å². The van der Waals surface area contributed by atoms with E-state index < -0.39 is 0 Å². The van der Waals surface area contributed by atoms with Gasteiger partial charge in [-0.3, -0.25) is 4.90 Å². The van der Waals surface area contributed by atoms with Crippen molar-refractivity contribution in [2.75, 3.05) is 26.2 Å². The van der Waals surface area contributed by atoms with Crippen molar-refractivity contribution in [3.05, 3.63) is 0 Å².